The average molecular weight is 403 g/mol. The molecule has 1 saturated heterocycles. The molecule has 154 valence electrons. The molecular formula is C24H25N3O3. The van der Waals surface area contributed by atoms with E-state index >= 15 is 0 Å². The topological polar surface area (TPSA) is 58.8 Å². The van der Waals surface area contributed by atoms with E-state index in [9.17, 15) is 4.79 Å². The minimum Gasteiger partial charge on any atom is -0.490 e. The number of carbonyl (C=O) groups excluding carboxylic acids is 1. The number of amides is 1. The highest BCUT2D eigenvalue weighted by Gasteiger charge is 2.23. The summed E-state index contributed by atoms with van der Waals surface area (Å²) in [5.41, 5.74) is 4.03. The van der Waals surface area contributed by atoms with Crippen LogP contribution in [0.5, 0.6) is 5.75 Å². The van der Waals surface area contributed by atoms with Crippen molar-refractivity contribution in [2.24, 2.45) is 0 Å². The number of hydrogen-bond donors (Lipinski definition) is 0. The van der Waals surface area contributed by atoms with Gasteiger partial charge in [-0.25, -0.2) is 0 Å². The predicted octanol–water partition coefficient (Wildman–Crippen LogP) is 3.56. The van der Waals surface area contributed by atoms with Gasteiger partial charge in [0.05, 0.1) is 12.1 Å². The lowest BCUT2D eigenvalue weighted by Crippen LogP contribution is -2.49. The third kappa shape index (κ3) is 3.77. The largest absolute Gasteiger partial charge is 0.490 e. The van der Waals surface area contributed by atoms with Crippen LogP contribution in [-0.4, -0.2) is 48.2 Å². The van der Waals surface area contributed by atoms with Crippen LogP contribution in [0.3, 0.4) is 0 Å². The highest BCUT2D eigenvalue weighted by atomic mass is 16.5. The molecule has 6 nitrogen and oxygen atoms in total. The van der Waals surface area contributed by atoms with E-state index in [4.69, 9.17) is 9.26 Å². The summed E-state index contributed by atoms with van der Waals surface area (Å²) in [6.07, 6.45) is 1.37. The predicted molar refractivity (Wildman–Crippen MR) is 115 cm³/mol. The summed E-state index contributed by atoms with van der Waals surface area (Å²) >= 11 is 0. The number of ether oxygens (including phenoxy) is 1. The number of hydrogen-bond acceptors (Lipinski definition) is 5. The van der Waals surface area contributed by atoms with E-state index in [0.29, 0.717) is 11.5 Å². The molecule has 0 spiro atoms. The summed E-state index contributed by atoms with van der Waals surface area (Å²) < 4.78 is 11.3. The minimum atomic E-state index is 0.0961. The molecule has 0 N–H and O–H groups in total. The molecule has 1 amide bonds. The number of anilines is 1. The van der Waals surface area contributed by atoms with Crippen molar-refractivity contribution in [3.8, 4) is 17.1 Å². The highest BCUT2D eigenvalue weighted by Crippen LogP contribution is 2.33. The van der Waals surface area contributed by atoms with Crippen molar-refractivity contribution < 1.29 is 14.1 Å². The van der Waals surface area contributed by atoms with Crippen LogP contribution in [0, 0.1) is 0 Å². The van der Waals surface area contributed by atoms with Crippen molar-refractivity contribution in [3.05, 3.63) is 65.9 Å². The van der Waals surface area contributed by atoms with Crippen LogP contribution in [0.25, 0.3) is 11.3 Å². The van der Waals surface area contributed by atoms with Crippen LogP contribution < -0.4 is 9.64 Å². The first kappa shape index (κ1) is 18.7. The second kappa shape index (κ2) is 7.86. The van der Waals surface area contributed by atoms with Gasteiger partial charge in [-0.1, -0.05) is 23.4 Å². The van der Waals surface area contributed by atoms with Crippen molar-refractivity contribution in [2.45, 2.75) is 25.9 Å². The SMILES string of the molecule is CC1Cc2cc(-c3cc(CC(=O)N4CCN(c5ccccc5)CC4)no3)ccc2O1. The normalized spacial score (nSPS) is 18.2. The molecule has 6 heteroatoms. The average Bonchev–Trinajstić information content (AvgIpc) is 3.39. The maximum Gasteiger partial charge on any atom is 0.228 e. The van der Waals surface area contributed by atoms with Crippen molar-refractivity contribution >= 4 is 11.6 Å². The Bertz CT molecular complexity index is 1040. The van der Waals surface area contributed by atoms with Gasteiger partial charge in [-0.15, -0.1) is 0 Å². The molecule has 1 fully saturated rings. The van der Waals surface area contributed by atoms with Gasteiger partial charge in [-0.3, -0.25) is 4.79 Å². The summed E-state index contributed by atoms with van der Waals surface area (Å²) in [5.74, 6) is 1.73. The Hall–Kier alpha value is -3.28. The fraction of sp³-hybridized carbons (Fsp3) is 0.333. The smallest absolute Gasteiger partial charge is 0.228 e. The van der Waals surface area contributed by atoms with Gasteiger partial charge in [0.1, 0.15) is 11.9 Å². The van der Waals surface area contributed by atoms with Crippen molar-refractivity contribution in [1.29, 1.82) is 0 Å². The zero-order chi connectivity index (χ0) is 20.5. The van der Waals surface area contributed by atoms with E-state index in [2.05, 4.69) is 35.2 Å². The third-order valence-corrected chi connectivity index (χ3v) is 5.83. The van der Waals surface area contributed by atoms with Gasteiger partial charge in [0.2, 0.25) is 5.91 Å². The number of piperazine rings is 1. The standard InChI is InChI=1S/C24H25N3O3/c1-17-13-19-14-18(7-8-22(19)29-17)23-15-20(25-30-23)16-24(28)27-11-9-26(10-12-27)21-5-3-2-4-6-21/h2-8,14-15,17H,9-13,16H2,1H3. The number of nitrogens with zero attached hydrogens (tertiary/aromatic N) is 3. The first-order chi connectivity index (χ1) is 14.7. The Labute approximate surface area is 176 Å². The van der Waals surface area contributed by atoms with Gasteiger partial charge in [0.25, 0.3) is 0 Å². The molecule has 2 aliphatic heterocycles. The summed E-state index contributed by atoms with van der Waals surface area (Å²) in [6.45, 7) is 5.20. The Morgan fingerprint density at radius 2 is 1.87 bits per heavy atom. The summed E-state index contributed by atoms with van der Waals surface area (Å²) in [6, 6.07) is 18.3. The number of aromatic nitrogens is 1. The second-order valence-corrected chi connectivity index (χ2v) is 8.02. The van der Waals surface area contributed by atoms with Crippen molar-refractivity contribution in [1.82, 2.24) is 10.1 Å². The molecule has 0 radical (unpaired) electrons. The molecule has 0 bridgehead atoms. The number of rotatable bonds is 4. The summed E-state index contributed by atoms with van der Waals surface area (Å²) in [7, 11) is 0. The van der Waals surface area contributed by atoms with Crippen LogP contribution >= 0.6 is 0 Å². The number of carbonyl (C=O) groups is 1. The van der Waals surface area contributed by atoms with E-state index in [0.717, 1.165) is 43.9 Å². The monoisotopic (exact) mass is 403 g/mol. The molecular weight excluding hydrogens is 378 g/mol. The Morgan fingerprint density at radius 1 is 1.07 bits per heavy atom. The van der Waals surface area contributed by atoms with Gasteiger partial charge >= 0.3 is 0 Å². The molecule has 1 unspecified atom stereocenters. The first-order valence-electron chi connectivity index (χ1n) is 10.5. The van der Waals surface area contributed by atoms with Crippen LogP contribution in [0.15, 0.2) is 59.1 Å². The zero-order valence-electron chi connectivity index (χ0n) is 17.1. The van der Waals surface area contributed by atoms with Crippen molar-refractivity contribution in [3.63, 3.8) is 0 Å². The number of benzene rings is 2. The Kier molecular flexibility index (Phi) is 4.91. The number of para-hydroxylation sites is 1. The maximum absolute atomic E-state index is 12.8. The van der Waals surface area contributed by atoms with Gasteiger partial charge in [-0.2, -0.15) is 0 Å². The molecule has 2 aliphatic rings. The lowest BCUT2D eigenvalue weighted by Gasteiger charge is -2.36. The van der Waals surface area contributed by atoms with Crippen LogP contribution in [0.2, 0.25) is 0 Å². The lowest BCUT2D eigenvalue weighted by molar-refractivity contribution is -0.130. The van der Waals surface area contributed by atoms with Gasteiger partial charge in [-0.05, 0) is 42.8 Å². The maximum atomic E-state index is 12.8. The summed E-state index contributed by atoms with van der Waals surface area (Å²) in [5, 5.41) is 4.13. The molecule has 5 rings (SSSR count). The van der Waals surface area contributed by atoms with Gasteiger partial charge in [0, 0.05) is 49.9 Å². The van der Waals surface area contributed by atoms with E-state index in [1.165, 1.54) is 11.3 Å². The van der Waals surface area contributed by atoms with Crippen LogP contribution in [0.1, 0.15) is 18.2 Å². The molecule has 3 heterocycles. The summed E-state index contributed by atoms with van der Waals surface area (Å²) in [4.78, 5) is 17.0. The van der Waals surface area contributed by atoms with Crippen LogP contribution in [-0.2, 0) is 17.6 Å². The van der Waals surface area contributed by atoms with Crippen molar-refractivity contribution in [2.75, 3.05) is 31.1 Å². The number of fused-ring (bicyclic) bond motifs is 1. The van der Waals surface area contributed by atoms with E-state index in [-0.39, 0.29) is 18.4 Å². The molecule has 1 aromatic heterocycles. The molecule has 3 aromatic rings. The Morgan fingerprint density at radius 3 is 2.67 bits per heavy atom. The quantitative estimate of drug-likeness (QED) is 0.667. The van der Waals surface area contributed by atoms with E-state index < -0.39 is 0 Å². The van der Waals surface area contributed by atoms with E-state index in [1.54, 1.807) is 0 Å². The van der Waals surface area contributed by atoms with Gasteiger partial charge < -0.3 is 19.1 Å². The van der Waals surface area contributed by atoms with Crippen LogP contribution in [0.4, 0.5) is 5.69 Å². The zero-order valence-corrected chi connectivity index (χ0v) is 17.1. The molecule has 30 heavy (non-hydrogen) atoms. The molecule has 0 aliphatic carbocycles. The first-order valence-corrected chi connectivity index (χ1v) is 10.5. The fourth-order valence-corrected chi connectivity index (χ4v) is 4.23. The third-order valence-electron chi connectivity index (χ3n) is 5.83. The van der Waals surface area contributed by atoms with E-state index in [1.807, 2.05) is 41.3 Å². The molecule has 0 saturated carbocycles. The fourth-order valence-electron chi connectivity index (χ4n) is 4.23. The molecule has 2 aromatic carbocycles. The second-order valence-electron chi connectivity index (χ2n) is 8.02. The van der Waals surface area contributed by atoms with Gasteiger partial charge in [0.15, 0.2) is 5.76 Å². The lowest BCUT2D eigenvalue weighted by atomic mass is 10.1. The molecule has 1 atom stereocenters. The minimum absolute atomic E-state index is 0.0961. The highest BCUT2D eigenvalue weighted by molar-refractivity contribution is 5.79. The Balaban J connectivity index is 1.20.